The van der Waals surface area contributed by atoms with Crippen LogP contribution < -0.4 is 10.6 Å². The molecule has 1 atom stereocenters. The lowest BCUT2D eigenvalue weighted by molar-refractivity contribution is -0.138. The van der Waals surface area contributed by atoms with Crippen LogP contribution in [0.25, 0.3) is 0 Å². The quantitative estimate of drug-likeness (QED) is 0.316. The number of allylic oxidation sites excluding steroid dienone is 3. The summed E-state index contributed by atoms with van der Waals surface area (Å²) in [6, 6.07) is -0.973. The van der Waals surface area contributed by atoms with Gasteiger partial charge in [0.25, 0.3) is 9.70 Å². The molecule has 7 nitrogen and oxygen atoms in total. The highest BCUT2D eigenvalue weighted by Gasteiger charge is 2.35. The predicted octanol–water partition coefficient (Wildman–Crippen LogP) is 5.89. The number of nitrogens with one attached hydrogen (secondary N) is 2. The third-order valence-electron chi connectivity index (χ3n) is 4.12. The Labute approximate surface area is 212 Å². The second-order valence-corrected chi connectivity index (χ2v) is 9.33. The zero-order chi connectivity index (χ0) is 25.2. The minimum Gasteiger partial charge on any atom is -0.462 e. The Balaban J connectivity index is 0.00000466. The van der Waals surface area contributed by atoms with Crippen LogP contribution in [-0.4, -0.2) is 40.1 Å². The molecule has 2 N–H and O–H groups in total. The molecule has 0 heterocycles. The fourth-order valence-corrected chi connectivity index (χ4v) is 3.11. The van der Waals surface area contributed by atoms with E-state index >= 15 is 0 Å². The van der Waals surface area contributed by atoms with E-state index < -0.39 is 21.7 Å². The summed E-state index contributed by atoms with van der Waals surface area (Å²) in [7, 11) is 0. The second-order valence-electron chi connectivity index (χ2n) is 6.25. The lowest BCUT2D eigenvalue weighted by atomic mass is 9.89. The molecule has 0 bridgehead atoms. The SMILES string of the molecule is C/C=C1\C(=NC(C)CC)C(Br)=C(C)C(NC(=O)NC(=O)C(Cl)(Cl)Cl)=C1C(=O)OCC.CC. The van der Waals surface area contributed by atoms with E-state index in [0.717, 1.165) is 6.42 Å². The molecule has 0 spiro atoms. The van der Waals surface area contributed by atoms with Gasteiger partial charge in [-0.3, -0.25) is 15.1 Å². The number of hydrogen-bond donors (Lipinski definition) is 2. The third-order valence-corrected chi connectivity index (χ3v) is 5.60. The summed E-state index contributed by atoms with van der Waals surface area (Å²) in [5.74, 6) is -1.78. The van der Waals surface area contributed by atoms with Gasteiger partial charge in [0.2, 0.25) is 0 Å². The number of carbonyl (C=O) groups is 3. The van der Waals surface area contributed by atoms with E-state index in [4.69, 9.17) is 44.5 Å². The Hall–Kier alpha value is -1.35. The highest BCUT2D eigenvalue weighted by atomic mass is 79.9. The normalized spacial score (nSPS) is 17.6. The van der Waals surface area contributed by atoms with Crippen molar-refractivity contribution in [1.29, 1.82) is 0 Å². The molecule has 1 aliphatic carbocycles. The Morgan fingerprint density at radius 1 is 1.22 bits per heavy atom. The maximum absolute atomic E-state index is 12.8. The number of urea groups is 1. The number of nitrogens with zero attached hydrogens (tertiary/aromatic N) is 1. The monoisotopic (exact) mass is 571 g/mol. The van der Waals surface area contributed by atoms with Gasteiger partial charge in [0.1, 0.15) is 0 Å². The number of hydrogen-bond acceptors (Lipinski definition) is 5. The first-order valence-electron chi connectivity index (χ1n) is 10.1. The molecule has 0 saturated carbocycles. The van der Waals surface area contributed by atoms with Crippen LogP contribution in [0.1, 0.15) is 54.9 Å². The number of aliphatic imine (C=N–C) groups is 1. The summed E-state index contributed by atoms with van der Waals surface area (Å²) in [6.45, 7) is 13.2. The molecular formula is C21H29BrCl3N3O4. The first kappa shape index (κ1) is 30.6. The highest BCUT2D eigenvalue weighted by molar-refractivity contribution is 9.12. The molecule has 3 amide bonds. The van der Waals surface area contributed by atoms with Crippen molar-refractivity contribution in [2.45, 2.75) is 64.7 Å². The van der Waals surface area contributed by atoms with E-state index in [1.165, 1.54) is 0 Å². The fourth-order valence-electron chi connectivity index (χ4n) is 2.46. The van der Waals surface area contributed by atoms with Crippen molar-refractivity contribution in [3.8, 4) is 0 Å². The summed E-state index contributed by atoms with van der Waals surface area (Å²) in [6.07, 6.45) is 2.50. The molecule has 11 heteroatoms. The van der Waals surface area contributed by atoms with E-state index in [9.17, 15) is 14.4 Å². The molecule has 0 aromatic rings. The number of esters is 1. The van der Waals surface area contributed by atoms with Crippen LogP contribution in [0.5, 0.6) is 0 Å². The molecule has 0 saturated heterocycles. The van der Waals surface area contributed by atoms with Gasteiger partial charge in [-0.2, -0.15) is 0 Å². The van der Waals surface area contributed by atoms with Crippen molar-refractivity contribution >= 4 is 74.4 Å². The number of imide groups is 1. The van der Waals surface area contributed by atoms with Gasteiger partial charge >= 0.3 is 12.0 Å². The standard InChI is InChI=1S/C19H23BrCl3N3O4.C2H6/c1-6-9(4)24-15-11(7-2)12(16(27)30-8-3)14(10(5)13(15)20)25-18(29)26-17(28)19(21,22)23;1-2/h7,9H,6,8H2,1-5H3,(H2,25,26,28,29);1-2H3/b11-7-,24-15?;. The average Bonchev–Trinajstić information content (AvgIpc) is 2.73. The van der Waals surface area contributed by atoms with Crippen LogP contribution in [0.4, 0.5) is 4.79 Å². The van der Waals surface area contributed by atoms with E-state index in [0.29, 0.717) is 21.3 Å². The summed E-state index contributed by atoms with van der Waals surface area (Å²) >= 11 is 19.9. The van der Waals surface area contributed by atoms with Gasteiger partial charge in [0, 0.05) is 16.1 Å². The molecule has 0 aromatic heterocycles. The smallest absolute Gasteiger partial charge is 0.340 e. The minimum atomic E-state index is -2.32. The van der Waals surface area contributed by atoms with Crippen molar-refractivity contribution in [3.05, 3.63) is 33.0 Å². The van der Waals surface area contributed by atoms with Gasteiger partial charge in [-0.15, -0.1) is 0 Å². The molecule has 180 valence electrons. The van der Waals surface area contributed by atoms with Gasteiger partial charge in [-0.1, -0.05) is 61.7 Å². The lowest BCUT2D eigenvalue weighted by Crippen LogP contribution is -2.45. The number of halogens is 4. The van der Waals surface area contributed by atoms with Crippen molar-refractivity contribution in [2.75, 3.05) is 6.61 Å². The second kappa shape index (κ2) is 14.0. The first-order valence-corrected chi connectivity index (χ1v) is 12.0. The van der Waals surface area contributed by atoms with Crippen molar-refractivity contribution in [2.24, 2.45) is 4.99 Å². The topological polar surface area (TPSA) is 96.9 Å². The molecule has 0 aliphatic heterocycles. The lowest BCUT2D eigenvalue weighted by Gasteiger charge is -2.26. The number of ether oxygens (including phenoxy) is 1. The van der Waals surface area contributed by atoms with Crippen LogP contribution in [0.2, 0.25) is 0 Å². The van der Waals surface area contributed by atoms with E-state index in [2.05, 4.69) is 21.2 Å². The number of amides is 3. The molecule has 0 fully saturated rings. The molecule has 1 aliphatic rings. The van der Waals surface area contributed by atoms with Crippen molar-refractivity contribution in [1.82, 2.24) is 10.6 Å². The number of rotatable bonds is 5. The van der Waals surface area contributed by atoms with Gasteiger partial charge < -0.3 is 10.1 Å². The van der Waals surface area contributed by atoms with Crippen LogP contribution >= 0.6 is 50.7 Å². The molecule has 0 aromatic carbocycles. The van der Waals surface area contributed by atoms with Crippen LogP contribution in [-0.2, 0) is 14.3 Å². The Bertz CT molecular complexity index is 859. The molecule has 32 heavy (non-hydrogen) atoms. The van der Waals surface area contributed by atoms with Crippen LogP contribution in [0.3, 0.4) is 0 Å². The number of carbonyl (C=O) groups excluding carboxylic acids is 3. The van der Waals surface area contributed by atoms with Gasteiger partial charge in [0.15, 0.2) is 0 Å². The largest absolute Gasteiger partial charge is 0.462 e. The Morgan fingerprint density at radius 2 is 1.78 bits per heavy atom. The fraction of sp³-hybridized carbons (Fsp3) is 0.524. The molecule has 0 radical (unpaired) electrons. The summed E-state index contributed by atoms with van der Waals surface area (Å²) in [5.41, 5.74) is 1.82. The molecule has 1 unspecified atom stereocenters. The van der Waals surface area contributed by atoms with Crippen LogP contribution in [0.15, 0.2) is 38.0 Å². The van der Waals surface area contributed by atoms with Crippen molar-refractivity contribution in [3.63, 3.8) is 0 Å². The van der Waals surface area contributed by atoms with E-state index in [1.54, 1.807) is 26.8 Å². The van der Waals surface area contributed by atoms with Gasteiger partial charge in [-0.05, 0) is 55.6 Å². The first-order chi connectivity index (χ1) is 14.9. The minimum absolute atomic E-state index is 0.00143. The summed E-state index contributed by atoms with van der Waals surface area (Å²) in [4.78, 5) is 41.6. The van der Waals surface area contributed by atoms with E-state index in [1.807, 2.05) is 33.0 Å². The maximum Gasteiger partial charge on any atom is 0.340 e. The van der Waals surface area contributed by atoms with Gasteiger partial charge in [0.05, 0.1) is 23.6 Å². The predicted molar refractivity (Wildman–Crippen MR) is 135 cm³/mol. The van der Waals surface area contributed by atoms with E-state index in [-0.39, 0.29) is 23.9 Å². The van der Waals surface area contributed by atoms with Gasteiger partial charge in [-0.25, -0.2) is 9.59 Å². The van der Waals surface area contributed by atoms with Crippen molar-refractivity contribution < 1.29 is 19.1 Å². The third kappa shape index (κ3) is 8.21. The molecule has 1 rings (SSSR count). The number of alkyl halides is 3. The Morgan fingerprint density at radius 3 is 2.22 bits per heavy atom. The summed E-state index contributed by atoms with van der Waals surface area (Å²) in [5, 5.41) is 4.41. The summed E-state index contributed by atoms with van der Waals surface area (Å²) < 4.78 is 3.46. The zero-order valence-electron chi connectivity index (χ0n) is 19.2. The maximum atomic E-state index is 12.8. The molecular weight excluding hydrogens is 545 g/mol. The zero-order valence-corrected chi connectivity index (χ0v) is 23.0. The average molecular weight is 574 g/mol. The highest BCUT2D eigenvalue weighted by Crippen LogP contribution is 2.35. The Kier molecular flexibility index (Phi) is 13.4. The van der Waals surface area contributed by atoms with Crippen LogP contribution in [0, 0.1) is 0 Å².